The highest BCUT2D eigenvalue weighted by atomic mass is 32.2. The number of nitrogens with zero attached hydrogens (tertiary/aromatic N) is 3. The first-order valence-electron chi connectivity index (χ1n) is 11.5. The Labute approximate surface area is 209 Å². The largest absolute Gasteiger partial charge is 0.466 e. The van der Waals surface area contributed by atoms with E-state index in [9.17, 15) is 13.2 Å². The summed E-state index contributed by atoms with van der Waals surface area (Å²) in [5, 5.41) is 6.70. The minimum absolute atomic E-state index is 0.212. The summed E-state index contributed by atoms with van der Waals surface area (Å²) in [7, 11) is -3.68. The van der Waals surface area contributed by atoms with Crippen LogP contribution in [0.1, 0.15) is 30.9 Å². The zero-order chi connectivity index (χ0) is 24.8. The van der Waals surface area contributed by atoms with Crippen molar-refractivity contribution in [1.29, 1.82) is 0 Å². The van der Waals surface area contributed by atoms with Gasteiger partial charge < -0.3 is 4.74 Å². The Hall–Kier alpha value is -3.08. The lowest BCUT2D eigenvalue weighted by Gasteiger charge is -2.30. The molecule has 1 fully saturated rings. The van der Waals surface area contributed by atoms with Crippen molar-refractivity contribution in [3.05, 3.63) is 65.0 Å². The molecular weight excluding hydrogens is 484 g/mol. The molecule has 0 aliphatic carbocycles. The van der Waals surface area contributed by atoms with E-state index in [1.54, 1.807) is 31.3 Å². The van der Waals surface area contributed by atoms with Gasteiger partial charge in [0, 0.05) is 24.0 Å². The molecule has 2 heterocycles. The van der Waals surface area contributed by atoms with E-state index in [1.807, 2.05) is 42.6 Å². The van der Waals surface area contributed by atoms with Gasteiger partial charge in [0.25, 0.3) is 0 Å². The summed E-state index contributed by atoms with van der Waals surface area (Å²) in [5.74, 6) is -0.495. The molecule has 0 unspecified atom stereocenters. The number of carbonyl (C=O) groups is 1. The fourth-order valence-electron chi connectivity index (χ4n) is 3.83. The molecule has 1 aliphatic rings. The van der Waals surface area contributed by atoms with E-state index in [2.05, 4.69) is 15.5 Å². The molecule has 184 valence electrons. The third-order valence-corrected chi connectivity index (χ3v) is 8.44. The van der Waals surface area contributed by atoms with Crippen molar-refractivity contribution in [2.45, 2.75) is 31.6 Å². The van der Waals surface area contributed by atoms with Gasteiger partial charge in [0.2, 0.25) is 15.2 Å². The van der Waals surface area contributed by atoms with Crippen LogP contribution in [0.15, 0.2) is 63.9 Å². The molecule has 0 spiro atoms. The smallest absolute Gasteiger partial charge is 0.309 e. The summed E-state index contributed by atoms with van der Waals surface area (Å²) in [5.41, 5.74) is 6.47. The molecule has 2 aromatic carbocycles. The number of hydrogen-bond acceptors (Lipinski definition) is 8. The van der Waals surface area contributed by atoms with Crippen LogP contribution < -0.4 is 5.43 Å². The minimum Gasteiger partial charge on any atom is -0.466 e. The van der Waals surface area contributed by atoms with Crippen LogP contribution in [0.4, 0.5) is 5.13 Å². The molecule has 8 nitrogen and oxygen atoms in total. The fraction of sp³-hybridized carbons (Fsp3) is 0.320. The maximum absolute atomic E-state index is 13.2. The van der Waals surface area contributed by atoms with Gasteiger partial charge in [0.15, 0.2) is 0 Å². The number of ether oxygens (including phenoxy) is 1. The Balaban J connectivity index is 1.42. The van der Waals surface area contributed by atoms with Crippen molar-refractivity contribution in [3.8, 4) is 11.3 Å². The number of hydrazone groups is 1. The number of thiazole rings is 1. The zero-order valence-electron chi connectivity index (χ0n) is 19.7. The van der Waals surface area contributed by atoms with Crippen molar-refractivity contribution in [2.24, 2.45) is 11.0 Å². The van der Waals surface area contributed by atoms with Crippen molar-refractivity contribution in [3.63, 3.8) is 0 Å². The standard InChI is InChI=1S/C25H28N4O4S2/c1-3-33-24(30)20-11-13-29(14-12-20)35(31,32)22-6-4-5-21(15-22)23-17-34-25(27-23)28-26-16-19-9-7-18(2)8-10-19/h4-10,15-17,20H,3,11-14H2,1-2H3,(H,27,28). The first-order chi connectivity index (χ1) is 16.9. The lowest BCUT2D eigenvalue weighted by Crippen LogP contribution is -2.40. The first kappa shape index (κ1) is 25.0. The highest BCUT2D eigenvalue weighted by molar-refractivity contribution is 7.89. The lowest BCUT2D eigenvalue weighted by molar-refractivity contribution is -0.149. The second kappa shape index (κ2) is 11.1. The monoisotopic (exact) mass is 512 g/mol. The average Bonchev–Trinajstić information content (AvgIpc) is 3.34. The van der Waals surface area contributed by atoms with Crippen molar-refractivity contribution in [1.82, 2.24) is 9.29 Å². The second-order valence-corrected chi connectivity index (χ2v) is 11.1. The number of aryl methyl sites for hydroxylation is 1. The van der Waals surface area contributed by atoms with Gasteiger partial charge in [-0.05, 0) is 44.4 Å². The van der Waals surface area contributed by atoms with Crippen molar-refractivity contribution >= 4 is 38.7 Å². The number of hydrogen-bond donors (Lipinski definition) is 1. The van der Waals surface area contributed by atoms with Crippen LogP contribution in [-0.4, -0.2) is 49.6 Å². The molecule has 35 heavy (non-hydrogen) atoms. The first-order valence-corrected chi connectivity index (χ1v) is 13.8. The van der Waals surface area contributed by atoms with Crippen LogP contribution in [0.2, 0.25) is 0 Å². The predicted octanol–water partition coefficient (Wildman–Crippen LogP) is 4.53. The number of benzene rings is 2. The molecule has 0 amide bonds. The highest BCUT2D eigenvalue weighted by Gasteiger charge is 2.32. The number of piperidine rings is 1. The quantitative estimate of drug-likeness (QED) is 0.270. The number of aromatic nitrogens is 1. The van der Waals surface area contributed by atoms with Gasteiger partial charge in [-0.1, -0.05) is 42.0 Å². The number of carbonyl (C=O) groups excluding carboxylic acids is 1. The molecular formula is C25H28N4O4S2. The predicted molar refractivity (Wildman–Crippen MR) is 138 cm³/mol. The fourth-order valence-corrected chi connectivity index (χ4v) is 6.01. The van der Waals surface area contributed by atoms with Crippen LogP contribution in [-0.2, 0) is 19.6 Å². The summed E-state index contributed by atoms with van der Waals surface area (Å²) < 4.78 is 33.0. The molecule has 1 N–H and O–H groups in total. The lowest BCUT2D eigenvalue weighted by atomic mass is 9.98. The van der Waals surface area contributed by atoms with Gasteiger partial charge in [-0.15, -0.1) is 11.3 Å². The summed E-state index contributed by atoms with van der Waals surface area (Å²) in [6, 6.07) is 14.8. The molecule has 3 aromatic rings. The average molecular weight is 513 g/mol. The van der Waals surface area contributed by atoms with E-state index < -0.39 is 10.0 Å². The van der Waals surface area contributed by atoms with E-state index in [4.69, 9.17) is 4.74 Å². The van der Waals surface area contributed by atoms with Crippen molar-refractivity contribution < 1.29 is 17.9 Å². The normalized spacial score (nSPS) is 15.4. The third-order valence-electron chi connectivity index (χ3n) is 5.80. The summed E-state index contributed by atoms with van der Waals surface area (Å²) in [4.78, 5) is 16.7. The number of esters is 1. The topological polar surface area (TPSA) is 101 Å². The number of anilines is 1. The summed E-state index contributed by atoms with van der Waals surface area (Å²) in [6.45, 7) is 4.71. The van der Waals surface area contributed by atoms with Gasteiger partial charge in [-0.2, -0.15) is 9.41 Å². The maximum atomic E-state index is 13.2. The maximum Gasteiger partial charge on any atom is 0.309 e. The summed E-state index contributed by atoms with van der Waals surface area (Å²) in [6.07, 6.45) is 2.64. The number of sulfonamides is 1. The Morgan fingerprint density at radius 3 is 2.69 bits per heavy atom. The van der Waals surface area contributed by atoms with Gasteiger partial charge in [0.05, 0.1) is 29.3 Å². The molecule has 0 saturated carbocycles. The second-order valence-electron chi connectivity index (χ2n) is 8.28. The molecule has 0 atom stereocenters. The van der Waals surface area contributed by atoms with E-state index in [0.29, 0.717) is 48.9 Å². The third kappa shape index (κ3) is 6.14. The van der Waals surface area contributed by atoms with Gasteiger partial charge >= 0.3 is 5.97 Å². The van der Waals surface area contributed by atoms with Crippen molar-refractivity contribution in [2.75, 3.05) is 25.1 Å². The Bertz CT molecular complexity index is 1300. The number of rotatable bonds is 8. The van der Waals surface area contributed by atoms with E-state index in [-0.39, 0.29) is 16.8 Å². The Kier molecular flexibility index (Phi) is 7.94. The van der Waals surface area contributed by atoms with Gasteiger partial charge in [-0.3, -0.25) is 10.2 Å². The molecule has 10 heteroatoms. The van der Waals surface area contributed by atoms with E-state index >= 15 is 0 Å². The molecule has 1 saturated heterocycles. The van der Waals surface area contributed by atoms with Crippen LogP contribution in [0.3, 0.4) is 0 Å². The van der Waals surface area contributed by atoms with Crippen LogP contribution in [0.25, 0.3) is 11.3 Å². The minimum atomic E-state index is -3.68. The number of nitrogens with one attached hydrogen (secondary N) is 1. The van der Waals surface area contributed by atoms with Gasteiger partial charge in [0.1, 0.15) is 0 Å². The van der Waals surface area contributed by atoms with E-state index in [1.165, 1.54) is 21.2 Å². The van der Waals surface area contributed by atoms with E-state index in [0.717, 1.165) is 5.56 Å². The van der Waals surface area contributed by atoms with Crippen LogP contribution in [0.5, 0.6) is 0 Å². The molecule has 1 aromatic heterocycles. The van der Waals surface area contributed by atoms with Crippen LogP contribution in [0, 0.1) is 12.8 Å². The molecule has 0 bridgehead atoms. The highest BCUT2D eigenvalue weighted by Crippen LogP contribution is 2.29. The van der Waals surface area contributed by atoms with Crippen LogP contribution >= 0.6 is 11.3 Å². The molecule has 4 rings (SSSR count). The SMILES string of the molecule is CCOC(=O)C1CCN(S(=O)(=O)c2cccc(-c3csc(NN=Cc4ccc(C)cc4)n3)c2)CC1. The Morgan fingerprint density at radius 1 is 1.23 bits per heavy atom. The molecule has 0 radical (unpaired) electrons. The zero-order valence-corrected chi connectivity index (χ0v) is 21.3. The molecule has 1 aliphatic heterocycles. The Morgan fingerprint density at radius 2 is 1.97 bits per heavy atom. The summed E-state index contributed by atoms with van der Waals surface area (Å²) >= 11 is 1.39. The van der Waals surface area contributed by atoms with Gasteiger partial charge in [-0.25, -0.2) is 13.4 Å².